The number of carbonyl (C=O) groups excluding carboxylic acids is 2. The van der Waals surface area contributed by atoms with Crippen molar-refractivity contribution in [2.75, 3.05) is 19.7 Å². The molecule has 2 amide bonds. The van der Waals surface area contributed by atoms with E-state index in [1.807, 2.05) is 48.5 Å². The lowest BCUT2D eigenvalue weighted by molar-refractivity contribution is -0.155. The molecule has 1 atom stereocenters. The van der Waals surface area contributed by atoms with Gasteiger partial charge in [-0.15, -0.1) is 0 Å². The molecular formula is C25H25F3N2O5. The predicted octanol–water partition coefficient (Wildman–Crippen LogP) is 4.17. The van der Waals surface area contributed by atoms with Crippen LogP contribution in [-0.4, -0.2) is 59.9 Å². The molecule has 2 aromatic rings. The van der Waals surface area contributed by atoms with Gasteiger partial charge in [0.25, 0.3) is 0 Å². The minimum absolute atomic E-state index is 0.0104. The van der Waals surface area contributed by atoms with Crippen LogP contribution in [0.15, 0.2) is 48.5 Å². The van der Waals surface area contributed by atoms with Gasteiger partial charge in [0.05, 0.1) is 12.3 Å². The zero-order chi connectivity index (χ0) is 25.2. The van der Waals surface area contributed by atoms with E-state index in [4.69, 9.17) is 9.84 Å². The fraction of sp³-hybridized carbons (Fsp3) is 0.400. The minimum atomic E-state index is -4.70. The van der Waals surface area contributed by atoms with E-state index in [-0.39, 0.29) is 38.5 Å². The highest BCUT2D eigenvalue weighted by Gasteiger charge is 2.40. The molecule has 7 nitrogen and oxygen atoms in total. The molecule has 0 saturated carbocycles. The first-order valence-electron chi connectivity index (χ1n) is 11.3. The molecule has 1 saturated heterocycles. The van der Waals surface area contributed by atoms with E-state index in [0.717, 1.165) is 22.3 Å². The van der Waals surface area contributed by atoms with Gasteiger partial charge in [0.15, 0.2) is 0 Å². The van der Waals surface area contributed by atoms with Gasteiger partial charge in [0.2, 0.25) is 5.91 Å². The molecule has 35 heavy (non-hydrogen) atoms. The maximum atomic E-state index is 13.2. The molecule has 1 fully saturated rings. The SMILES string of the molecule is O=C(NC(CC(F)(F)F)C(=O)N1CCC(C(=O)O)CC1)OCC1c2ccccc2-c2ccccc21. The van der Waals surface area contributed by atoms with Crippen LogP contribution in [0.25, 0.3) is 11.1 Å². The summed E-state index contributed by atoms with van der Waals surface area (Å²) in [7, 11) is 0. The zero-order valence-corrected chi connectivity index (χ0v) is 18.8. The summed E-state index contributed by atoms with van der Waals surface area (Å²) in [4.78, 5) is 37.6. The normalized spacial score (nSPS) is 16.8. The van der Waals surface area contributed by atoms with Crippen LogP contribution in [0, 0.1) is 5.92 Å². The number of nitrogens with one attached hydrogen (secondary N) is 1. The van der Waals surface area contributed by atoms with E-state index in [0.29, 0.717) is 0 Å². The number of hydrogen-bond acceptors (Lipinski definition) is 4. The Kier molecular flexibility index (Phi) is 7.00. The molecule has 1 aliphatic heterocycles. The van der Waals surface area contributed by atoms with Gasteiger partial charge in [-0.25, -0.2) is 4.79 Å². The van der Waals surface area contributed by atoms with Gasteiger partial charge in [-0.1, -0.05) is 48.5 Å². The first kappa shape index (κ1) is 24.6. The van der Waals surface area contributed by atoms with Gasteiger partial charge in [-0.2, -0.15) is 13.2 Å². The van der Waals surface area contributed by atoms with Crippen LogP contribution in [-0.2, 0) is 14.3 Å². The number of alkyl halides is 3. The molecule has 1 heterocycles. The number of benzene rings is 2. The third kappa shape index (κ3) is 5.58. The molecule has 2 aliphatic rings. The summed E-state index contributed by atoms with van der Waals surface area (Å²) < 4.78 is 44.8. The Morgan fingerprint density at radius 2 is 1.54 bits per heavy atom. The monoisotopic (exact) mass is 490 g/mol. The maximum Gasteiger partial charge on any atom is 0.407 e. The molecule has 10 heteroatoms. The Balaban J connectivity index is 1.42. The number of alkyl carbamates (subject to hydrolysis) is 1. The van der Waals surface area contributed by atoms with E-state index in [9.17, 15) is 27.6 Å². The molecule has 2 aromatic carbocycles. The van der Waals surface area contributed by atoms with Gasteiger partial charge >= 0.3 is 18.2 Å². The summed E-state index contributed by atoms with van der Waals surface area (Å²) in [6.45, 7) is -0.0795. The minimum Gasteiger partial charge on any atom is -0.481 e. The third-order valence-electron chi connectivity index (χ3n) is 6.53. The van der Waals surface area contributed by atoms with E-state index >= 15 is 0 Å². The Morgan fingerprint density at radius 1 is 1.00 bits per heavy atom. The molecule has 1 unspecified atom stereocenters. The fourth-order valence-electron chi connectivity index (χ4n) is 4.78. The number of amides is 2. The predicted molar refractivity (Wildman–Crippen MR) is 120 cm³/mol. The van der Waals surface area contributed by atoms with Crippen LogP contribution < -0.4 is 5.32 Å². The first-order valence-corrected chi connectivity index (χ1v) is 11.3. The number of aliphatic carboxylic acids is 1. The zero-order valence-electron chi connectivity index (χ0n) is 18.8. The van der Waals surface area contributed by atoms with Crippen molar-refractivity contribution in [3.05, 3.63) is 59.7 Å². The van der Waals surface area contributed by atoms with Crippen LogP contribution in [0.3, 0.4) is 0 Å². The van der Waals surface area contributed by atoms with Crippen molar-refractivity contribution in [1.29, 1.82) is 0 Å². The van der Waals surface area contributed by atoms with Crippen LogP contribution >= 0.6 is 0 Å². The Bertz CT molecular complexity index is 1070. The van der Waals surface area contributed by atoms with Crippen LogP contribution in [0.4, 0.5) is 18.0 Å². The lowest BCUT2D eigenvalue weighted by Crippen LogP contribution is -2.52. The molecule has 1 aliphatic carbocycles. The number of carboxylic acids is 1. The molecule has 0 bridgehead atoms. The Morgan fingerprint density at radius 3 is 2.06 bits per heavy atom. The summed E-state index contributed by atoms with van der Waals surface area (Å²) in [5.74, 6) is -2.82. The lowest BCUT2D eigenvalue weighted by Gasteiger charge is -2.33. The van der Waals surface area contributed by atoms with E-state index in [2.05, 4.69) is 5.32 Å². The molecule has 0 spiro atoms. The van der Waals surface area contributed by atoms with E-state index < -0.39 is 42.5 Å². The standard InChI is InChI=1S/C25H25F3N2O5/c26-25(27,28)13-21(22(31)30-11-9-15(10-12-30)23(32)33)29-24(34)35-14-20-18-7-3-1-5-16(18)17-6-2-4-8-19(17)20/h1-8,15,20-21H,9-14H2,(H,29,34)(H,32,33). The number of halogens is 3. The topological polar surface area (TPSA) is 95.9 Å². The van der Waals surface area contributed by atoms with Gasteiger partial charge < -0.3 is 20.1 Å². The number of carbonyl (C=O) groups is 3. The first-order chi connectivity index (χ1) is 16.6. The van der Waals surface area contributed by atoms with Crippen LogP contribution in [0.5, 0.6) is 0 Å². The number of fused-ring (bicyclic) bond motifs is 3. The van der Waals surface area contributed by atoms with Gasteiger partial charge in [-0.3, -0.25) is 9.59 Å². The highest BCUT2D eigenvalue weighted by atomic mass is 19.4. The molecule has 0 radical (unpaired) electrons. The summed E-state index contributed by atoms with van der Waals surface area (Å²) in [5, 5.41) is 11.2. The number of ether oxygens (including phenoxy) is 1. The van der Waals surface area contributed by atoms with E-state index in [1.54, 1.807) is 0 Å². The summed E-state index contributed by atoms with van der Waals surface area (Å²) in [6, 6.07) is 13.4. The van der Waals surface area contributed by atoms with Crippen molar-refractivity contribution in [2.24, 2.45) is 5.92 Å². The molecular weight excluding hydrogens is 465 g/mol. The number of rotatable bonds is 6. The van der Waals surface area contributed by atoms with Gasteiger partial charge in [-0.05, 0) is 35.1 Å². The number of nitrogens with zero attached hydrogens (tertiary/aromatic N) is 1. The smallest absolute Gasteiger partial charge is 0.407 e. The van der Waals surface area contributed by atoms with Gasteiger partial charge in [0, 0.05) is 19.0 Å². The summed E-state index contributed by atoms with van der Waals surface area (Å²) in [6.07, 6.45) is -7.07. The van der Waals surface area contributed by atoms with Crippen LogP contribution in [0.2, 0.25) is 0 Å². The van der Waals surface area contributed by atoms with Gasteiger partial charge in [0.1, 0.15) is 12.6 Å². The molecule has 0 aromatic heterocycles. The van der Waals surface area contributed by atoms with Crippen molar-refractivity contribution in [2.45, 2.75) is 37.4 Å². The average molecular weight is 490 g/mol. The molecule has 186 valence electrons. The van der Waals surface area contributed by atoms with Crippen molar-refractivity contribution in [3.63, 3.8) is 0 Å². The van der Waals surface area contributed by atoms with Crippen molar-refractivity contribution < 1.29 is 37.4 Å². The van der Waals surface area contributed by atoms with E-state index in [1.165, 1.54) is 4.90 Å². The fourth-order valence-corrected chi connectivity index (χ4v) is 4.78. The molecule has 4 rings (SSSR count). The Hall–Kier alpha value is -3.56. The summed E-state index contributed by atoms with van der Waals surface area (Å²) >= 11 is 0. The number of piperidine rings is 1. The second kappa shape index (κ2) is 9.97. The number of likely N-dealkylation sites (tertiary alicyclic amines) is 1. The van der Waals surface area contributed by atoms with Crippen LogP contribution in [0.1, 0.15) is 36.3 Å². The quantitative estimate of drug-likeness (QED) is 0.634. The average Bonchev–Trinajstić information content (AvgIpc) is 3.15. The largest absolute Gasteiger partial charge is 0.481 e. The highest BCUT2D eigenvalue weighted by molar-refractivity contribution is 5.86. The Labute approximate surface area is 199 Å². The second-order valence-corrected chi connectivity index (χ2v) is 8.78. The third-order valence-corrected chi connectivity index (χ3v) is 6.53. The maximum absolute atomic E-state index is 13.2. The van der Waals surface area contributed by atoms with Crippen molar-refractivity contribution in [3.8, 4) is 11.1 Å². The van der Waals surface area contributed by atoms with Crippen molar-refractivity contribution in [1.82, 2.24) is 10.2 Å². The molecule has 2 N–H and O–H groups in total. The number of carboxylic acid groups (broad SMARTS) is 1. The summed E-state index contributed by atoms with van der Waals surface area (Å²) in [5.41, 5.74) is 3.91. The van der Waals surface area contributed by atoms with Crippen molar-refractivity contribution >= 4 is 18.0 Å². The highest BCUT2D eigenvalue weighted by Crippen LogP contribution is 2.44. The second-order valence-electron chi connectivity index (χ2n) is 8.78. The number of hydrogen-bond donors (Lipinski definition) is 2. The lowest BCUT2D eigenvalue weighted by atomic mass is 9.96.